The molecule has 0 saturated carbocycles. The number of nitrogens with zero attached hydrogens (tertiary/aromatic N) is 1. The molecule has 1 aliphatic rings. The standard InChI is InChI=1S/C19H22Cl2N2O2S/c1-25-9-2-7-22-12-18(24)23-8-5-17-15(6-10-26-17)19(23)14-4-3-13(20)11-16(14)21/h3-4,6,10-11,19,22H,2,5,7-9,12H2,1H3/t19-/m0/s1. The van der Waals surface area contributed by atoms with Crippen LogP contribution in [0.2, 0.25) is 10.0 Å². The largest absolute Gasteiger partial charge is 0.385 e. The van der Waals surface area contributed by atoms with Crippen LogP contribution in [-0.2, 0) is 16.0 Å². The van der Waals surface area contributed by atoms with E-state index in [9.17, 15) is 4.79 Å². The molecule has 1 atom stereocenters. The van der Waals surface area contributed by atoms with Crippen LogP contribution in [0.1, 0.15) is 28.5 Å². The summed E-state index contributed by atoms with van der Waals surface area (Å²) in [6.07, 6.45) is 1.76. The fourth-order valence-electron chi connectivity index (χ4n) is 3.28. The van der Waals surface area contributed by atoms with Gasteiger partial charge in [-0.3, -0.25) is 4.79 Å². The summed E-state index contributed by atoms with van der Waals surface area (Å²) >= 11 is 14.3. The number of hydrogen-bond donors (Lipinski definition) is 1. The van der Waals surface area contributed by atoms with Crippen molar-refractivity contribution in [3.63, 3.8) is 0 Å². The number of hydrogen-bond acceptors (Lipinski definition) is 4. The van der Waals surface area contributed by atoms with Gasteiger partial charge in [0.15, 0.2) is 0 Å². The van der Waals surface area contributed by atoms with E-state index in [4.69, 9.17) is 27.9 Å². The molecule has 1 N–H and O–H groups in total. The van der Waals surface area contributed by atoms with Crippen molar-refractivity contribution in [2.24, 2.45) is 0 Å². The van der Waals surface area contributed by atoms with E-state index in [1.807, 2.05) is 17.0 Å². The van der Waals surface area contributed by atoms with E-state index in [1.54, 1.807) is 24.5 Å². The molecule has 0 aliphatic carbocycles. The average molecular weight is 413 g/mol. The van der Waals surface area contributed by atoms with Crippen molar-refractivity contribution < 1.29 is 9.53 Å². The van der Waals surface area contributed by atoms with Crippen LogP contribution in [-0.4, -0.2) is 44.2 Å². The van der Waals surface area contributed by atoms with Crippen LogP contribution < -0.4 is 5.32 Å². The van der Waals surface area contributed by atoms with Crippen molar-refractivity contribution >= 4 is 40.4 Å². The van der Waals surface area contributed by atoms with Gasteiger partial charge in [0.25, 0.3) is 0 Å². The van der Waals surface area contributed by atoms with Gasteiger partial charge in [0, 0.05) is 35.2 Å². The van der Waals surface area contributed by atoms with Gasteiger partial charge in [-0.25, -0.2) is 0 Å². The molecule has 0 fully saturated rings. The highest BCUT2D eigenvalue weighted by molar-refractivity contribution is 7.10. The first kappa shape index (κ1) is 19.6. The number of thiophene rings is 1. The van der Waals surface area contributed by atoms with Crippen molar-refractivity contribution in [3.05, 3.63) is 55.7 Å². The van der Waals surface area contributed by atoms with Crippen molar-refractivity contribution in [2.45, 2.75) is 18.9 Å². The summed E-state index contributed by atoms with van der Waals surface area (Å²) in [4.78, 5) is 16.1. The Morgan fingerprint density at radius 1 is 1.35 bits per heavy atom. The minimum absolute atomic E-state index is 0.0790. The first-order chi connectivity index (χ1) is 12.6. The van der Waals surface area contributed by atoms with Crippen LogP contribution >= 0.6 is 34.5 Å². The number of carbonyl (C=O) groups excluding carboxylic acids is 1. The zero-order valence-corrected chi connectivity index (χ0v) is 17.0. The molecule has 1 aromatic heterocycles. The molecule has 7 heteroatoms. The van der Waals surface area contributed by atoms with E-state index in [-0.39, 0.29) is 11.9 Å². The van der Waals surface area contributed by atoms with E-state index < -0.39 is 0 Å². The number of ether oxygens (including phenoxy) is 1. The Balaban J connectivity index is 1.81. The zero-order valence-electron chi connectivity index (χ0n) is 14.6. The summed E-state index contributed by atoms with van der Waals surface area (Å²) in [5.41, 5.74) is 2.08. The molecule has 1 aromatic carbocycles. The second-order valence-electron chi connectivity index (χ2n) is 6.23. The highest BCUT2D eigenvalue weighted by Gasteiger charge is 2.33. The van der Waals surface area contributed by atoms with Crippen LogP contribution in [0.4, 0.5) is 0 Å². The normalized spacial score (nSPS) is 16.6. The van der Waals surface area contributed by atoms with Gasteiger partial charge in [0.2, 0.25) is 5.91 Å². The topological polar surface area (TPSA) is 41.6 Å². The molecule has 4 nitrogen and oxygen atoms in total. The average Bonchev–Trinajstić information content (AvgIpc) is 3.10. The van der Waals surface area contributed by atoms with Crippen LogP contribution in [0, 0.1) is 0 Å². The lowest BCUT2D eigenvalue weighted by Crippen LogP contribution is -2.44. The molecule has 1 aliphatic heterocycles. The number of methoxy groups -OCH3 is 1. The summed E-state index contributed by atoms with van der Waals surface area (Å²) in [7, 11) is 1.68. The van der Waals surface area contributed by atoms with E-state index in [0.717, 1.165) is 24.9 Å². The predicted octanol–water partition coefficient (Wildman–Crippen LogP) is 4.16. The van der Waals surface area contributed by atoms with Gasteiger partial charge in [0.05, 0.1) is 12.6 Å². The van der Waals surface area contributed by atoms with Gasteiger partial charge in [-0.1, -0.05) is 29.3 Å². The molecule has 3 rings (SSSR count). The fraction of sp³-hybridized carbons (Fsp3) is 0.421. The molecule has 0 spiro atoms. The predicted molar refractivity (Wildman–Crippen MR) is 107 cm³/mol. The van der Waals surface area contributed by atoms with Crippen molar-refractivity contribution in [1.82, 2.24) is 10.2 Å². The van der Waals surface area contributed by atoms with Crippen LogP contribution in [0.25, 0.3) is 0 Å². The number of halogens is 2. The molecule has 0 bridgehead atoms. The third-order valence-corrected chi connectivity index (χ3v) is 6.08. The Morgan fingerprint density at radius 2 is 2.19 bits per heavy atom. The summed E-state index contributed by atoms with van der Waals surface area (Å²) in [5, 5.41) is 6.48. The number of nitrogens with one attached hydrogen (secondary N) is 1. The summed E-state index contributed by atoms with van der Waals surface area (Å²) in [6.45, 7) is 2.44. The minimum Gasteiger partial charge on any atom is -0.385 e. The first-order valence-corrected chi connectivity index (χ1v) is 10.3. The van der Waals surface area contributed by atoms with E-state index >= 15 is 0 Å². The number of carbonyl (C=O) groups is 1. The highest BCUT2D eigenvalue weighted by atomic mass is 35.5. The van der Waals surface area contributed by atoms with Gasteiger partial charge in [-0.15, -0.1) is 11.3 Å². The van der Waals surface area contributed by atoms with Crippen LogP contribution in [0.5, 0.6) is 0 Å². The second-order valence-corrected chi connectivity index (χ2v) is 8.07. The Labute approximate surface area is 168 Å². The maximum Gasteiger partial charge on any atom is 0.237 e. The van der Waals surface area contributed by atoms with E-state index in [1.165, 1.54) is 10.4 Å². The lowest BCUT2D eigenvalue weighted by Gasteiger charge is -2.37. The summed E-state index contributed by atoms with van der Waals surface area (Å²) in [5.74, 6) is 0.0790. The first-order valence-electron chi connectivity index (χ1n) is 8.62. The summed E-state index contributed by atoms with van der Waals surface area (Å²) < 4.78 is 5.03. The third kappa shape index (κ3) is 4.41. The second kappa shape index (κ2) is 9.20. The molecule has 26 heavy (non-hydrogen) atoms. The molecule has 2 heterocycles. The van der Waals surface area contributed by atoms with E-state index in [2.05, 4.69) is 16.8 Å². The van der Waals surface area contributed by atoms with Crippen molar-refractivity contribution in [3.8, 4) is 0 Å². The van der Waals surface area contributed by atoms with Crippen LogP contribution in [0.15, 0.2) is 29.6 Å². The van der Waals surface area contributed by atoms with E-state index in [0.29, 0.717) is 29.7 Å². The maximum atomic E-state index is 12.9. The van der Waals surface area contributed by atoms with Gasteiger partial charge in [-0.2, -0.15) is 0 Å². The monoisotopic (exact) mass is 412 g/mol. The molecule has 140 valence electrons. The van der Waals surface area contributed by atoms with Crippen molar-refractivity contribution in [1.29, 1.82) is 0 Å². The van der Waals surface area contributed by atoms with Gasteiger partial charge in [0.1, 0.15) is 0 Å². The Bertz CT molecular complexity index is 766. The molecule has 0 radical (unpaired) electrons. The molecular weight excluding hydrogens is 391 g/mol. The molecule has 0 saturated heterocycles. The minimum atomic E-state index is -0.164. The lowest BCUT2D eigenvalue weighted by molar-refractivity contribution is -0.132. The highest BCUT2D eigenvalue weighted by Crippen LogP contribution is 2.40. The Kier molecular flexibility index (Phi) is 6.95. The quantitative estimate of drug-likeness (QED) is 0.694. The Morgan fingerprint density at radius 3 is 2.96 bits per heavy atom. The lowest BCUT2D eigenvalue weighted by atomic mass is 9.93. The number of rotatable bonds is 7. The Hall–Kier alpha value is -1.11. The SMILES string of the molecule is COCCCNCC(=O)N1CCc2sccc2[C@@H]1c1ccc(Cl)cc1Cl. The number of benzene rings is 1. The maximum absolute atomic E-state index is 12.9. The summed E-state index contributed by atoms with van der Waals surface area (Å²) in [6, 6.07) is 7.43. The number of amides is 1. The molecular formula is C19H22Cl2N2O2S. The van der Waals surface area contributed by atoms with Crippen molar-refractivity contribution in [2.75, 3.05) is 33.4 Å². The van der Waals surface area contributed by atoms with Gasteiger partial charge >= 0.3 is 0 Å². The molecule has 1 amide bonds. The molecule has 2 aromatic rings. The third-order valence-electron chi connectivity index (χ3n) is 4.52. The zero-order chi connectivity index (χ0) is 18.5. The van der Waals surface area contributed by atoms with Crippen LogP contribution in [0.3, 0.4) is 0 Å². The smallest absolute Gasteiger partial charge is 0.237 e. The fourth-order valence-corrected chi connectivity index (χ4v) is 4.70. The number of fused-ring (bicyclic) bond motifs is 1. The van der Waals surface area contributed by atoms with Gasteiger partial charge in [-0.05, 0) is 54.1 Å². The van der Waals surface area contributed by atoms with Gasteiger partial charge < -0.3 is 15.0 Å². The molecule has 0 unspecified atom stereocenters.